The number of thioether (sulfide) groups is 1. The molecule has 26 heavy (non-hydrogen) atoms. The third kappa shape index (κ3) is 5.30. The molecule has 5 nitrogen and oxygen atoms in total. The van der Waals surface area contributed by atoms with Gasteiger partial charge in [-0.1, -0.05) is 30.3 Å². The van der Waals surface area contributed by atoms with Crippen LogP contribution in [0.15, 0.2) is 58.3 Å². The van der Waals surface area contributed by atoms with Crippen molar-refractivity contribution < 1.29 is 17.6 Å². The molecule has 0 aliphatic rings. The van der Waals surface area contributed by atoms with E-state index in [9.17, 15) is 17.6 Å². The third-order valence-corrected chi connectivity index (χ3v) is 6.60. The summed E-state index contributed by atoms with van der Waals surface area (Å²) in [6.45, 7) is 0.118. The van der Waals surface area contributed by atoms with Crippen LogP contribution < -0.4 is 5.32 Å². The van der Waals surface area contributed by atoms with Gasteiger partial charge in [-0.15, -0.1) is 11.8 Å². The van der Waals surface area contributed by atoms with Gasteiger partial charge in [0.15, 0.2) is 0 Å². The van der Waals surface area contributed by atoms with Crippen molar-refractivity contribution in [3.63, 3.8) is 0 Å². The quantitative estimate of drug-likeness (QED) is 0.697. The van der Waals surface area contributed by atoms with Gasteiger partial charge in [-0.05, 0) is 23.8 Å². The minimum Gasteiger partial charge on any atom is -0.352 e. The fraction of sp³-hybridized carbons (Fsp3) is 0.278. The van der Waals surface area contributed by atoms with Crippen LogP contribution in [0.1, 0.15) is 12.0 Å². The lowest BCUT2D eigenvalue weighted by Crippen LogP contribution is -2.27. The first-order chi connectivity index (χ1) is 12.3. The molecule has 0 aromatic heterocycles. The number of hydrogen-bond donors (Lipinski definition) is 1. The van der Waals surface area contributed by atoms with Crippen LogP contribution in [0, 0.1) is 5.82 Å². The Labute approximate surface area is 157 Å². The fourth-order valence-corrected chi connectivity index (χ4v) is 4.20. The zero-order valence-electron chi connectivity index (χ0n) is 14.6. The van der Waals surface area contributed by atoms with Gasteiger partial charge >= 0.3 is 0 Å². The summed E-state index contributed by atoms with van der Waals surface area (Å²) in [6.07, 6.45) is 0.210. The van der Waals surface area contributed by atoms with E-state index in [2.05, 4.69) is 5.32 Å². The maximum atomic E-state index is 13.5. The van der Waals surface area contributed by atoms with Crippen LogP contribution in [0.4, 0.5) is 4.39 Å². The summed E-state index contributed by atoms with van der Waals surface area (Å²) < 4.78 is 39.3. The summed E-state index contributed by atoms with van der Waals surface area (Å²) in [5.41, 5.74) is 0.524. The Balaban J connectivity index is 1.91. The molecule has 0 heterocycles. The van der Waals surface area contributed by atoms with Gasteiger partial charge in [0, 0.05) is 37.7 Å². The zero-order valence-corrected chi connectivity index (χ0v) is 16.2. The molecule has 2 aromatic rings. The number of benzene rings is 2. The van der Waals surface area contributed by atoms with Crippen molar-refractivity contribution >= 4 is 27.7 Å². The van der Waals surface area contributed by atoms with Gasteiger partial charge in [0.25, 0.3) is 0 Å². The molecule has 0 unspecified atom stereocenters. The van der Waals surface area contributed by atoms with E-state index in [0.717, 1.165) is 4.31 Å². The third-order valence-electron chi connectivity index (χ3n) is 3.63. The van der Waals surface area contributed by atoms with Crippen LogP contribution in [0.3, 0.4) is 0 Å². The second-order valence-electron chi connectivity index (χ2n) is 5.70. The summed E-state index contributed by atoms with van der Waals surface area (Å²) in [4.78, 5) is 12.7. The van der Waals surface area contributed by atoms with Crippen LogP contribution in [-0.2, 0) is 21.4 Å². The Morgan fingerprint density at radius 2 is 1.77 bits per heavy atom. The van der Waals surface area contributed by atoms with Crippen LogP contribution in [0.5, 0.6) is 0 Å². The molecule has 0 saturated carbocycles. The Morgan fingerprint density at radius 1 is 1.12 bits per heavy atom. The highest BCUT2D eigenvalue weighted by Gasteiger charge is 2.20. The molecule has 0 atom stereocenters. The number of sulfonamides is 1. The lowest BCUT2D eigenvalue weighted by Gasteiger charge is -2.15. The standard InChI is InChI=1S/C18H21FN2O3S2/c1-21(2)26(23,24)17-10-6-3-7-14(17)13-20-18(22)11-12-25-16-9-5-4-8-15(16)19/h3-10H,11-13H2,1-2H3,(H,20,22). The first kappa shape index (κ1) is 20.4. The van der Waals surface area contributed by atoms with Gasteiger partial charge in [0.2, 0.25) is 15.9 Å². The van der Waals surface area contributed by atoms with Crippen molar-refractivity contribution in [2.45, 2.75) is 22.8 Å². The average molecular weight is 397 g/mol. The number of carbonyl (C=O) groups is 1. The number of rotatable bonds is 8. The van der Waals surface area contributed by atoms with E-state index in [1.807, 2.05) is 0 Å². The van der Waals surface area contributed by atoms with Gasteiger partial charge in [0.1, 0.15) is 5.82 Å². The maximum Gasteiger partial charge on any atom is 0.242 e. The molecular formula is C18H21FN2O3S2. The molecule has 140 valence electrons. The van der Waals surface area contributed by atoms with Gasteiger partial charge in [-0.2, -0.15) is 0 Å². The van der Waals surface area contributed by atoms with Crippen molar-refractivity contribution in [2.24, 2.45) is 0 Å². The number of nitrogens with zero attached hydrogens (tertiary/aromatic N) is 1. The van der Waals surface area contributed by atoms with Crippen LogP contribution >= 0.6 is 11.8 Å². The summed E-state index contributed by atoms with van der Waals surface area (Å²) in [6, 6.07) is 13.0. The topological polar surface area (TPSA) is 66.5 Å². The van der Waals surface area contributed by atoms with Crippen molar-refractivity contribution in [1.29, 1.82) is 0 Å². The van der Waals surface area contributed by atoms with E-state index in [-0.39, 0.29) is 29.6 Å². The highest BCUT2D eigenvalue weighted by Crippen LogP contribution is 2.22. The number of halogens is 1. The first-order valence-electron chi connectivity index (χ1n) is 7.97. The van der Waals surface area contributed by atoms with E-state index >= 15 is 0 Å². The lowest BCUT2D eigenvalue weighted by molar-refractivity contribution is -0.120. The lowest BCUT2D eigenvalue weighted by atomic mass is 10.2. The predicted molar refractivity (Wildman–Crippen MR) is 101 cm³/mol. The Kier molecular flexibility index (Phi) is 7.19. The van der Waals surface area contributed by atoms with Crippen LogP contribution in [0.25, 0.3) is 0 Å². The van der Waals surface area contributed by atoms with Crippen molar-refractivity contribution in [3.8, 4) is 0 Å². The van der Waals surface area contributed by atoms with Crippen LogP contribution in [-0.4, -0.2) is 38.5 Å². The summed E-state index contributed by atoms with van der Waals surface area (Å²) in [5, 5.41) is 2.72. The molecule has 1 amide bonds. The van der Waals surface area contributed by atoms with E-state index in [4.69, 9.17) is 0 Å². The van der Waals surface area contributed by atoms with Gasteiger partial charge in [-0.3, -0.25) is 4.79 Å². The average Bonchev–Trinajstić information content (AvgIpc) is 2.61. The number of amides is 1. The van der Waals surface area contributed by atoms with E-state index in [1.54, 1.807) is 36.4 Å². The molecule has 0 aliphatic carbocycles. The largest absolute Gasteiger partial charge is 0.352 e. The molecule has 0 spiro atoms. The smallest absolute Gasteiger partial charge is 0.242 e. The number of hydrogen-bond acceptors (Lipinski definition) is 4. The number of nitrogens with one attached hydrogen (secondary N) is 1. The van der Waals surface area contributed by atoms with Gasteiger partial charge in [-0.25, -0.2) is 17.1 Å². The van der Waals surface area contributed by atoms with Crippen molar-refractivity contribution in [1.82, 2.24) is 9.62 Å². The minimum atomic E-state index is -3.58. The molecule has 0 saturated heterocycles. The molecule has 0 fully saturated rings. The Hall–Kier alpha value is -1.90. The Morgan fingerprint density at radius 3 is 2.46 bits per heavy atom. The summed E-state index contributed by atoms with van der Waals surface area (Å²) in [5.74, 6) is -0.0867. The molecule has 2 rings (SSSR count). The SMILES string of the molecule is CN(C)S(=O)(=O)c1ccccc1CNC(=O)CCSc1ccccc1F. The molecule has 2 aromatic carbocycles. The molecule has 0 aliphatic heterocycles. The zero-order chi connectivity index (χ0) is 19.2. The van der Waals surface area contributed by atoms with E-state index < -0.39 is 10.0 Å². The van der Waals surface area contributed by atoms with Crippen molar-refractivity contribution in [2.75, 3.05) is 19.8 Å². The molecule has 1 N–H and O–H groups in total. The maximum absolute atomic E-state index is 13.5. The molecule has 0 bridgehead atoms. The molecule has 0 radical (unpaired) electrons. The summed E-state index contributed by atoms with van der Waals surface area (Å²) in [7, 11) is -0.651. The highest BCUT2D eigenvalue weighted by molar-refractivity contribution is 7.99. The van der Waals surface area contributed by atoms with Crippen molar-refractivity contribution in [3.05, 3.63) is 59.9 Å². The predicted octanol–water partition coefficient (Wildman–Crippen LogP) is 2.87. The first-order valence-corrected chi connectivity index (χ1v) is 10.4. The second kappa shape index (κ2) is 9.16. The molecule has 8 heteroatoms. The summed E-state index contributed by atoms with van der Waals surface area (Å²) >= 11 is 1.27. The minimum absolute atomic E-state index is 0.118. The normalized spacial score (nSPS) is 11.5. The molecular weight excluding hydrogens is 375 g/mol. The van der Waals surface area contributed by atoms with Gasteiger partial charge < -0.3 is 5.32 Å². The van der Waals surface area contributed by atoms with Gasteiger partial charge in [0.05, 0.1) is 4.90 Å². The van der Waals surface area contributed by atoms with Crippen LogP contribution in [0.2, 0.25) is 0 Å². The number of carbonyl (C=O) groups excluding carboxylic acids is 1. The highest BCUT2D eigenvalue weighted by atomic mass is 32.2. The van der Waals surface area contributed by atoms with E-state index in [1.165, 1.54) is 38.0 Å². The Bertz CT molecular complexity index is 870. The van der Waals surface area contributed by atoms with E-state index in [0.29, 0.717) is 16.2 Å². The fourth-order valence-electron chi connectivity index (χ4n) is 2.20. The second-order valence-corrected chi connectivity index (χ2v) is 8.96. The monoisotopic (exact) mass is 396 g/mol.